The van der Waals surface area contributed by atoms with Gasteiger partial charge in [0, 0.05) is 5.75 Å². The summed E-state index contributed by atoms with van der Waals surface area (Å²) in [7, 11) is 1.48. The van der Waals surface area contributed by atoms with Crippen molar-refractivity contribution in [2.24, 2.45) is 0 Å². The number of ether oxygens (including phenoxy) is 1. The molecule has 7 heteroatoms. The maximum atomic E-state index is 11.6. The molecule has 0 aliphatic rings. The van der Waals surface area contributed by atoms with Gasteiger partial charge in [0.15, 0.2) is 0 Å². The van der Waals surface area contributed by atoms with Crippen LogP contribution in [0.3, 0.4) is 0 Å². The number of methoxy groups -OCH3 is 1. The highest BCUT2D eigenvalue weighted by Gasteiger charge is 2.18. The van der Waals surface area contributed by atoms with Crippen LogP contribution in [0.2, 0.25) is 0 Å². The third-order valence-corrected chi connectivity index (χ3v) is 2.51. The predicted octanol–water partition coefficient (Wildman–Crippen LogP) is 1.20. The minimum atomic E-state index is -1.14. The average molecular weight is 270 g/mol. The van der Waals surface area contributed by atoms with Crippen LogP contribution in [0.4, 0.5) is 10.5 Å². The van der Waals surface area contributed by atoms with Gasteiger partial charge < -0.3 is 20.5 Å². The molecule has 0 fully saturated rings. The second kappa shape index (κ2) is 6.75. The number of rotatable bonds is 5. The fourth-order valence-corrected chi connectivity index (χ4v) is 1.50. The van der Waals surface area contributed by atoms with Gasteiger partial charge in [-0.2, -0.15) is 12.6 Å². The summed E-state index contributed by atoms with van der Waals surface area (Å²) >= 11 is 3.85. The van der Waals surface area contributed by atoms with Gasteiger partial charge in [-0.25, -0.2) is 9.59 Å². The number of para-hydroxylation sites is 2. The molecule has 0 heterocycles. The fraction of sp³-hybridized carbons (Fsp3) is 0.273. The van der Waals surface area contributed by atoms with E-state index in [1.54, 1.807) is 24.3 Å². The van der Waals surface area contributed by atoms with Crippen LogP contribution in [0.15, 0.2) is 24.3 Å². The number of carbonyl (C=O) groups is 2. The number of amides is 2. The predicted molar refractivity (Wildman–Crippen MR) is 70.4 cm³/mol. The van der Waals surface area contributed by atoms with Crippen molar-refractivity contribution in [3.05, 3.63) is 24.3 Å². The molecule has 0 saturated carbocycles. The summed E-state index contributed by atoms with van der Waals surface area (Å²) < 4.78 is 5.05. The zero-order chi connectivity index (χ0) is 13.5. The van der Waals surface area contributed by atoms with Gasteiger partial charge >= 0.3 is 12.0 Å². The summed E-state index contributed by atoms with van der Waals surface area (Å²) in [4.78, 5) is 22.3. The molecule has 1 rings (SSSR count). The second-order valence-electron chi connectivity index (χ2n) is 3.37. The maximum Gasteiger partial charge on any atom is 0.327 e. The number of hydrogen-bond donors (Lipinski definition) is 4. The highest BCUT2D eigenvalue weighted by atomic mass is 32.1. The summed E-state index contributed by atoms with van der Waals surface area (Å²) in [5, 5.41) is 13.6. The number of carbonyl (C=O) groups excluding carboxylic acids is 1. The van der Waals surface area contributed by atoms with E-state index in [4.69, 9.17) is 9.84 Å². The van der Waals surface area contributed by atoms with E-state index in [-0.39, 0.29) is 5.75 Å². The van der Waals surface area contributed by atoms with E-state index < -0.39 is 18.0 Å². The Hall–Kier alpha value is -1.89. The van der Waals surface area contributed by atoms with Gasteiger partial charge in [-0.3, -0.25) is 0 Å². The Kier molecular flexibility index (Phi) is 5.31. The third kappa shape index (κ3) is 3.85. The molecule has 2 amide bonds. The monoisotopic (exact) mass is 270 g/mol. The Morgan fingerprint density at radius 2 is 2.11 bits per heavy atom. The van der Waals surface area contributed by atoms with Crippen molar-refractivity contribution in [2.75, 3.05) is 18.2 Å². The molecular formula is C11H14N2O4S. The van der Waals surface area contributed by atoms with Crippen molar-refractivity contribution in [3.8, 4) is 5.75 Å². The summed E-state index contributed by atoms with van der Waals surface area (Å²) in [5.74, 6) is -0.639. The SMILES string of the molecule is COc1ccccc1NC(=O)NC(CS)C(=O)O. The number of benzene rings is 1. The van der Waals surface area contributed by atoms with Gasteiger partial charge in [-0.15, -0.1) is 0 Å². The van der Waals surface area contributed by atoms with Crippen LogP contribution >= 0.6 is 12.6 Å². The zero-order valence-electron chi connectivity index (χ0n) is 9.71. The second-order valence-corrected chi connectivity index (χ2v) is 3.74. The minimum absolute atomic E-state index is 0.00861. The van der Waals surface area contributed by atoms with E-state index in [0.717, 1.165) is 0 Å². The van der Waals surface area contributed by atoms with Gasteiger partial charge in [0.1, 0.15) is 11.8 Å². The summed E-state index contributed by atoms with van der Waals surface area (Å²) in [6.45, 7) is 0. The Morgan fingerprint density at radius 1 is 1.44 bits per heavy atom. The van der Waals surface area contributed by atoms with Crippen molar-refractivity contribution in [3.63, 3.8) is 0 Å². The number of thiol groups is 1. The van der Waals surface area contributed by atoms with Crippen molar-refractivity contribution >= 4 is 30.3 Å². The molecule has 3 N–H and O–H groups in total. The van der Waals surface area contributed by atoms with E-state index in [2.05, 4.69) is 23.3 Å². The van der Waals surface area contributed by atoms with E-state index in [1.807, 2.05) is 0 Å². The van der Waals surface area contributed by atoms with Gasteiger partial charge in [0.05, 0.1) is 12.8 Å². The highest BCUT2D eigenvalue weighted by molar-refractivity contribution is 7.80. The van der Waals surface area contributed by atoms with E-state index in [1.165, 1.54) is 7.11 Å². The molecule has 6 nitrogen and oxygen atoms in total. The van der Waals surface area contributed by atoms with Gasteiger partial charge in [0.2, 0.25) is 0 Å². The first-order valence-corrected chi connectivity index (χ1v) is 5.76. The fourth-order valence-electron chi connectivity index (χ4n) is 1.25. The summed E-state index contributed by atoms with van der Waals surface area (Å²) in [6, 6.07) is 5.16. The molecule has 1 aromatic carbocycles. The lowest BCUT2D eigenvalue weighted by atomic mass is 10.3. The number of carboxylic acid groups (broad SMARTS) is 1. The quantitative estimate of drug-likeness (QED) is 0.605. The average Bonchev–Trinajstić information content (AvgIpc) is 2.36. The lowest BCUT2D eigenvalue weighted by molar-refractivity contribution is -0.138. The molecule has 0 bridgehead atoms. The Labute approximate surface area is 110 Å². The summed E-state index contributed by atoms with van der Waals surface area (Å²) in [5.41, 5.74) is 0.459. The Bertz CT molecular complexity index is 439. The van der Waals surface area contributed by atoms with Crippen LogP contribution in [0.5, 0.6) is 5.75 Å². The topological polar surface area (TPSA) is 87.7 Å². The molecule has 0 saturated heterocycles. The molecule has 1 atom stereocenters. The number of anilines is 1. The van der Waals surface area contributed by atoms with Crippen molar-refractivity contribution in [1.82, 2.24) is 5.32 Å². The van der Waals surface area contributed by atoms with Crippen LogP contribution < -0.4 is 15.4 Å². The molecule has 0 aromatic heterocycles. The Morgan fingerprint density at radius 3 is 2.67 bits per heavy atom. The van der Waals surface area contributed by atoms with Crippen molar-refractivity contribution < 1.29 is 19.4 Å². The van der Waals surface area contributed by atoms with Crippen LogP contribution in [-0.2, 0) is 4.79 Å². The standard InChI is InChI=1S/C11H14N2O4S/c1-17-9-5-3-2-4-7(9)12-11(16)13-8(6-18)10(14)15/h2-5,8,18H,6H2,1H3,(H,14,15)(H2,12,13,16). The molecule has 1 aromatic rings. The van der Waals surface area contributed by atoms with Crippen LogP contribution in [0, 0.1) is 0 Å². The molecule has 0 aliphatic carbocycles. The van der Waals surface area contributed by atoms with E-state index in [9.17, 15) is 9.59 Å². The van der Waals surface area contributed by atoms with Crippen LogP contribution in [0.25, 0.3) is 0 Å². The first-order chi connectivity index (χ1) is 8.58. The van der Waals surface area contributed by atoms with Gasteiger partial charge in [-0.1, -0.05) is 12.1 Å². The van der Waals surface area contributed by atoms with Crippen LogP contribution in [0.1, 0.15) is 0 Å². The van der Waals surface area contributed by atoms with Crippen LogP contribution in [-0.4, -0.2) is 36.0 Å². The zero-order valence-corrected chi connectivity index (χ0v) is 10.6. The van der Waals surface area contributed by atoms with Gasteiger partial charge in [-0.05, 0) is 12.1 Å². The normalized spacial score (nSPS) is 11.4. The molecule has 0 aliphatic heterocycles. The van der Waals surface area contributed by atoms with E-state index >= 15 is 0 Å². The smallest absolute Gasteiger partial charge is 0.327 e. The number of carboxylic acids is 1. The number of nitrogens with one attached hydrogen (secondary N) is 2. The Balaban J connectivity index is 2.67. The summed E-state index contributed by atoms with van der Waals surface area (Å²) in [6.07, 6.45) is 0. The molecule has 0 spiro atoms. The number of hydrogen-bond acceptors (Lipinski definition) is 4. The first-order valence-electron chi connectivity index (χ1n) is 5.12. The largest absolute Gasteiger partial charge is 0.495 e. The third-order valence-electron chi connectivity index (χ3n) is 2.14. The highest BCUT2D eigenvalue weighted by Crippen LogP contribution is 2.22. The molecule has 1 unspecified atom stereocenters. The van der Waals surface area contributed by atoms with Crippen molar-refractivity contribution in [2.45, 2.75) is 6.04 Å². The van der Waals surface area contributed by atoms with E-state index in [0.29, 0.717) is 11.4 Å². The lowest BCUT2D eigenvalue weighted by Gasteiger charge is -2.14. The lowest BCUT2D eigenvalue weighted by Crippen LogP contribution is -2.44. The number of aliphatic carboxylic acids is 1. The molecule has 0 radical (unpaired) electrons. The number of urea groups is 1. The molecular weight excluding hydrogens is 256 g/mol. The molecule has 98 valence electrons. The van der Waals surface area contributed by atoms with Crippen molar-refractivity contribution in [1.29, 1.82) is 0 Å². The minimum Gasteiger partial charge on any atom is -0.495 e. The first kappa shape index (κ1) is 14.2. The maximum absolute atomic E-state index is 11.6. The van der Waals surface area contributed by atoms with Gasteiger partial charge in [0.25, 0.3) is 0 Å². The molecule has 18 heavy (non-hydrogen) atoms.